The van der Waals surface area contributed by atoms with Crippen LogP contribution in [0.4, 0.5) is 10.1 Å². The largest absolute Gasteiger partial charge is 0.480 e. The van der Waals surface area contributed by atoms with Gasteiger partial charge in [-0.1, -0.05) is 6.07 Å². The average Bonchev–Trinajstić information content (AvgIpc) is 2.71. The van der Waals surface area contributed by atoms with Gasteiger partial charge in [-0.15, -0.1) is 0 Å². The number of hydrogen-bond donors (Lipinski definition) is 3. The minimum Gasteiger partial charge on any atom is -0.480 e. The van der Waals surface area contributed by atoms with E-state index in [1.54, 1.807) is 25.1 Å². The van der Waals surface area contributed by atoms with E-state index in [1.165, 1.54) is 6.92 Å². The third-order valence-corrected chi connectivity index (χ3v) is 5.82. The van der Waals surface area contributed by atoms with Gasteiger partial charge in [0.05, 0.1) is 5.69 Å². The maximum absolute atomic E-state index is 14.7. The van der Waals surface area contributed by atoms with Gasteiger partial charge in [-0.25, -0.2) is 4.39 Å². The molecule has 0 fully saturated rings. The van der Waals surface area contributed by atoms with Crippen LogP contribution in [0.3, 0.4) is 0 Å². The fourth-order valence-electron chi connectivity index (χ4n) is 3.74. The quantitative estimate of drug-likeness (QED) is 0.494. The third kappa shape index (κ3) is 5.36. The maximum Gasteiger partial charge on any atom is 0.325 e. The number of amides is 1. The summed E-state index contributed by atoms with van der Waals surface area (Å²) in [5.41, 5.74) is 7.60. The molecule has 0 saturated heterocycles. The van der Waals surface area contributed by atoms with Crippen LogP contribution in [0, 0.1) is 33.5 Å². The summed E-state index contributed by atoms with van der Waals surface area (Å²) in [5, 5.41) is 14.6. The van der Waals surface area contributed by atoms with E-state index in [0.29, 0.717) is 11.3 Å². The molecular formula is C26H33FN2O3. The number of carboxylic acid groups (broad SMARTS) is 1. The number of hydrogen-bond acceptors (Lipinski definition) is 3. The number of benzene rings is 2. The normalized spacial score (nSPS) is 12.6. The molecule has 2 aromatic rings. The van der Waals surface area contributed by atoms with Crippen LogP contribution in [-0.2, 0) is 9.59 Å². The van der Waals surface area contributed by atoms with Crippen molar-refractivity contribution in [3.63, 3.8) is 0 Å². The van der Waals surface area contributed by atoms with Crippen LogP contribution >= 0.6 is 0 Å². The van der Waals surface area contributed by atoms with Gasteiger partial charge in [0.2, 0.25) is 5.91 Å². The van der Waals surface area contributed by atoms with E-state index in [9.17, 15) is 14.0 Å². The number of carbonyl (C=O) groups is 2. The van der Waals surface area contributed by atoms with Gasteiger partial charge in [0.15, 0.2) is 0 Å². The van der Waals surface area contributed by atoms with Crippen molar-refractivity contribution in [3.05, 3.63) is 57.4 Å². The van der Waals surface area contributed by atoms with Gasteiger partial charge in [0, 0.05) is 11.6 Å². The molecule has 1 amide bonds. The van der Waals surface area contributed by atoms with E-state index < -0.39 is 17.9 Å². The molecule has 0 aliphatic rings. The molecule has 0 aliphatic heterocycles. The number of rotatable bonds is 7. The molecular weight excluding hydrogens is 407 g/mol. The molecule has 0 heterocycles. The SMILES string of the molecule is C/C(=C\c1c(C)c(C)c(-c2ccc(NC(C)C)c(F)c2)c(C)c1C)C(=O)N[C@H](C)C(=O)O. The van der Waals surface area contributed by atoms with Gasteiger partial charge in [-0.05, 0) is 113 Å². The molecule has 6 heteroatoms. The van der Waals surface area contributed by atoms with Crippen molar-refractivity contribution in [1.29, 1.82) is 0 Å². The van der Waals surface area contributed by atoms with Crippen molar-refractivity contribution >= 4 is 23.6 Å². The number of nitrogens with one attached hydrogen (secondary N) is 2. The fourth-order valence-corrected chi connectivity index (χ4v) is 3.74. The second kappa shape index (κ2) is 9.98. The molecule has 5 nitrogen and oxygen atoms in total. The van der Waals surface area contributed by atoms with Crippen LogP contribution in [0.15, 0.2) is 23.8 Å². The number of carbonyl (C=O) groups excluding carboxylic acids is 1. The summed E-state index contributed by atoms with van der Waals surface area (Å²) >= 11 is 0. The molecule has 0 aliphatic carbocycles. The number of carboxylic acids is 1. The number of aliphatic carboxylic acids is 1. The molecule has 2 rings (SSSR count). The molecule has 0 bridgehead atoms. The van der Waals surface area contributed by atoms with E-state index in [4.69, 9.17) is 5.11 Å². The first-order chi connectivity index (χ1) is 14.8. The summed E-state index contributed by atoms with van der Waals surface area (Å²) in [7, 11) is 0. The highest BCUT2D eigenvalue weighted by atomic mass is 19.1. The van der Waals surface area contributed by atoms with Crippen LogP contribution < -0.4 is 10.6 Å². The van der Waals surface area contributed by atoms with Crippen molar-refractivity contribution in [3.8, 4) is 11.1 Å². The Bertz CT molecular complexity index is 1060. The lowest BCUT2D eigenvalue weighted by Crippen LogP contribution is -2.38. The molecule has 0 unspecified atom stereocenters. The van der Waals surface area contributed by atoms with Crippen LogP contribution in [0.1, 0.15) is 55.5 Å². The Morgan fingerprint density at radius 1 is 1.00 bits per heavy atom. The van der Waals surface area contributed by atoms with Crippen LogP contribution in [0.5, 0.6) is 0 Å². The minimum absolute atomic E-state index is 0.133. The van der Waals surface area contributed by atoms with E-state index >= 15 is 0 Å². The highest BCUT2D eigenvalue weighted by molar-refractivity contribution is 5.99. The van der Waals surface area contributed by atoms with Gasteiger partial charge in [-0.3, -0.25) is 9.59 Å². The second-order valence-corrected chi connectivity index (χ2v) is 8.64. The summed E-state index contributed by atoms with van der Waals surface area (Å²) in [5.74, 6) is -1.81. The third-order valence-electron chi connectivity index (χ3n) is 5.82. The summed E-state index contributed by atoms with van der Waals surface area (Å²) in [4.78, 5) is 23.4. The van der Waals surface area contributed by atoms with Crippen LogP contribution in [0.25, 0.3) is 17.2 Å². The topological polar surface area (TPSA) is 78.4 Å². The number of halogens is 1. The zero-order chi connectivity index (χ0) is 24.3. The van der Waals surface area contributed by atoms with Crippen LogP contribution in [-0.4, -0.2) is 29.1 Å². The van der Waals surface area contributed by atoms with Crippen molar-refractivity contribution in [2.45, 2.75) is 67.5 Å². The van der Waals surface area contributed by atoms with E-state index in [2.05, 4.69) is 10.6 Å². The Kier molecular flexibility index (Phi) is 7.83. The van der Waals surface area contributed by atoms with E-state index in [1.807, 2.05) is 47.6 Å². The molecule has 0 spiro atoms. The molecule has 1 atom stereocenters. The predicted octanol–water partition coefficient (Wildman–Crippen LogP) is 5.54. The Morgan fingerprint density at radius 3 is 2.03 bits per heavy atom. The minimum atomic E-state index is -1.09. The maximum atomic E-state index is 14.7. The predicted molar refractivity (Wildman–Crippen MR) is 128 cm³/mol. The lowest BCUT2D eigenvalue weighted by Gasteiger charge is -2.21. The highest BCUT2D eigenvalue weighted by Crippen LogP contribution is 2.36. The van der Waals surface area contributed by atoms with Crippen molar-refractivity contribution in [1.82, 2.24) is 5.32 Å². The molecule has 3 N–H and O–H groups in total. The Labute approximate surface area is 189 Å². The van der Waals surface area contributed by atoms with Crippen molar-refractivity contribution < 1.29 is 19.1 Å². The monoisotopic (exact) mass is 440 g/mol. The molecule has 0 saturated carbocycles. The van der Waals surface area contributed by atoms with Gasteiger partial charge in [0.25, 0.3) is 0 Å². The van der Waals surface area contributed by atoms with Crippen LogP contribution in [0.2, 0.25) is 0 Å². The van der Waals surface area contributed by atoms with E-state index in [-0.39, 0.29) is 11.9 Å². The van der Waals surface area contributed by atoms with Crippen molar-refractivity contribution in [2.75, 3.05) is 5.32 Å². The smallest absolute Gasteiger partial charge is 0.325 e. The zero-order valence-electron chi connectivity index (χ0n) is 20.1. The first-order valence-corrected chi connectivity index (χ1v) is 10.7. The highest BCUT2D eigenvalue weighted by Gasteiger charge is 2.19. The Balaban J connectivity index is 2.52. The second-order valence-electron chi connectivity index (χ2n) is 8.64. The molecule has 172 valence electrons. The summed E-state index contributed by atoms with van der Waals surface area (Å²) in [6.07, 6.45) is 1.79. The first kappa shape index (κ1) is 25.1. The molecule has 32 heavy (non-hydrogen) atoms. The zero-order valence-corrected chi connectivity index (χ0v) is 20.1. The summed E-state index contributed by atoms with van der Waals surface area (Å²) in [6, 6.07) is 4.40. The van der Waals surface area contributed by atoms with Crippen molar-refractivity contribution in [2.24, 2.45) is 0 Å². The summed E-state index contributed by atoms with van der Waals surface area (Å²) < 4.78 is 14.7. The van der Waals surface area contributed by atoms with Gasteiger partial charge in [0.1, 0.15) is 11.9 Å². The standard InChI is InChI=1S/C26H33FN2O3/c1-13(2)28-23-10-9-20(12-22(23)27)24-17(6)15(4)21(16(5)18(24)7)11-14(3)25(30)29-19(8)26(31)32/h9-13,19,28H,1-8H3,(H,29,30)(H,31,32)/b14-11+/t19-/m1/s1. The van der Waals surface area contributed by atoms with Gasteiger partial charge in [-0.2, -0.15) is 0 Å². The fraction of sp³-hybridized carbons (Fsp3) is 0.385. The molecule has 0 radical (unpaired) electrons. The first-order valence-electron chi connectivity index (χ1n) is 10.7. The Morgan fingerprint density at radius 2 is 1.56 bits per heavy atom. The molecule has 2 aromatic carbocycles. The van der Waals surface area contributed by atoms with Gasteiger partial charge >= 0.3 is 5.97 Å². The number of anilines is 1. The molecule has 0 aromatic heterocycles. The summed E-state index contributed by atoms with van der Waals surface area (Å²) in [6.45, 7) is 15.0. The average molecular weight is 441 g/mol. The lowest BCUT2D eigenvalue weighted by molar-refractivity contribution is -0.140. The lowest BCUT2D eigenvalue weighted by atomic mass is 9.85. The Hall–Kier alpha value is -3.15. The van der Waals surface area contributed by atoms with Gasteiger partial charge < -0.3 is 15.7 Å². The van der Waals surface area contributed by atoms with E-state index in [0.717, 1.165) is 38.9 Å².